The highest BCUT2D eigenvalue weighted by Gasteiger charge is 2.37. The number of halogens is 1. The number of hydrogen-bond acceptors (Lipinski definition) is 5. The van der Waals surface area contributed by atoms with Crippen LogP contribution in [0.15, 0.2) is 41.3 Å². The highest BCUT2D eigenvalue weighted by molar-refractivity contribution is 7.91. The molecule has 2 heterocycles. The first-order valence-corrected chi connectivity index (χ1v) is 10.1. The van der Waals surface area contributed by atoms with Crippen LogP contribution in [0.25, 0.3) is 0 Å². The Morgan fingerprint density at radius 1 is 1.27 bits per heavy atom. The fraction of sp³-hybridized carbons (Fsp3) is 0.278. The molecule has 4 rings (SSSR count). The van der Waals surface area contributed by atoms with Gasteiger partial charge in [0.15, 0.2) is 16.4 Å². The van der Waals surface area contributed by atoms with E-state index in [2.05, 4.69) is 5.32 Å². The van der Waals surface area contributed by atoms with Gasteiger partial charge in [0.1, 0.15) is 5.75 Å². The molecule has 26 heavy (non-hydrogen) atoms. The van der Waals surface area contributed by atoms with Crippen LogP contribution in [0, 0.1) is 0 Å². The number of nitrogens with one attached hydrogen (secondary N) is 1. The maximum atomic E-state index is 12.4. The molecule has 0 saturated heterocycles. The molecule has 1 N–H and O–H groups in total. The van der Waals surface area contributed by atoms with Gasteiger partial charge >= 0.3 is 0 Å². The highest BCUT2D eigenvalue weighted by atomic mass is 35.5. The van der Waals surface area contributed by atoms with E-state index in [1.165, 1.54) is 0 Å². The molecule has 0 spiro atoms. The molecule has 136 valence electrons. The first-order valence-electron chi connectivity index (χ1n) is 8.11. The van der Waals surface area contributed by atoms with Crippen molar-refractivity contribution in [1.82, 2.24) is 4.90 Å². The largest absolute Gasteiger partial charge is 0.482 e. The van der Waals surface area contributed by atoms with Crippen LogP contribution in [-0.2, 0) is 21.2 Å². The summed E-state index contributed by atoms with van der Waals surface area (Å²) in [6.07, 6.45) is 0. The SMILES string of the molecule is CN(Cc1ccc2c(c1)NC(=O)CO2)C1CS(=O)(=O)c2ccc(Cl)cc21. The number of sulfone groups is 1. The second kappa shape index (κ2) is 6.26. The van der Waals surface area contributed by atoms with Crippen molar-refractivity contribution < 1.29 is 17.9 Å². The predicted octanol–water partition coefficient (Wildman–Crippen LogP) is 2.63. The molecule has 2 aliphatic heterocycles. The Kier molecular flexibility index (Phi) is 4.17. The van der Waals surface area contributed by atoms with Crippen LogP contribution < -0.4 is 10.1 Å². The molecule has 1 amide bonds. The van der Waals surface area contributed by atoms with Gasteiger partial charge in [0, 0.05) is 11.6 Å². The predicted molar refractivity (Wildman–Crippen MR) is 98.3 cm³/mol. The van der Waals surface area contributed by atoms with Gasteiger partial charge in [0.25, 0.3) is 5.91 Å². The van der Waals surface area contributed by atoms with Crippen LogP contribution in [0.5, 0.6) is 5.75 Å². The molecule has 0 fully saturated rings. The van der Waals surface area contributed by atoms with Crippen LogP contribution in [-0.4, -0.2) is 38.6 Å². The van der Waals surface area contributed by atoms with Crippen molar-refractivity contribution in [2.75, 3.05) is 24.7 Å². The van der Waals surface area contributed by atoms with Crippen LogP contribution >= 0.6 is 11.6 Å². The zero-order valence-corrected chi connectivity index (χ0v) is 15.6. The molecule has 2 aromatic rings. The fourth-order valence-electron chi connectivity index (χ4n) is 3.44. The average Bonchev–Trinajstić information content (AvgIpc) is 2.85. The summed E-state index contributed by atoms with van der Waals surface area (Å²) in [6, 6.07) is 10.2. The number of carbonyl (C=O) groups excluding carboxylic acids is 1. The number of nitrogens with zero attached hydrogens (tertiary/aromatic N) is 1. The summed E-state index contributed by atoms with van der Waals surface area (Å²) in [7, 11) is -1.43. The number of carbonyl (C=O) groups is 1. The molecule has 2 aromatic carbocycles. The second-order valence-electron chi connectivity index (χ2n) is 6.56. The lowest BCUT2D eigenvalue weighted by molar-refractivity contribution is -0.118. The third-order valence-electron chi connectivity index (χ3n) is 4.68. The minimum absolute atomic E-state index is 0.0176. The Bertz CT molecular complexity index is 1010. The molecule has 0 bridgehead atoms. The van der Waals surface area contributed by atoms with E-state index in [1.54, 1.807) is 18.2 Å². The van der Waals surface area contributed by atoms with Crippen molar-refractivity contribution in [2.45, 2.75) is 17.5 Å². The smallest absolute Gasteiger partial charge is 0.262 e. The van der Waals surface area contributed by atoms with Gasteiger partial charge in [-0.15, -0.1) is 0 Å². The topological polar surface area (TPSA) is 75.7 Å². The van der Waals surface area contributed by atoms with Crippen LogP contribution in [0.3, 0.4) is 0 Å². The third kappa shape index (κ3) is 3.06. The van der Waals surface area contributed by atoms with Crippen molar-refractivity contribution in [1.29, 1.82) is 0 Å². The Hall–Kier alpha value is -2.09. The van der Waals surface area contributed by atoms with Gasteiger partial charge in [-0.3, -0.25) is 9.69 Å². The average molecular weight is 393 g/mol. The summed E-state index contributed by atoms with van der Waals surface area (Å²) >= 11 is 6.07. The molecule has 2 aliphatic rings. The zero-order valence-electron chi connectivity index (χ0n) is 14.0. The number of anilines is 1. The third-order valence-corrected chi connectivity index (χ3v) is 6.72. The van der Waals surface area contributed by atoms with E-state index in [0.29, 0.717) is 27.9 Å². The lowest BCUT2D eigenvalue weighted by Gasteiger charge is -2.25. The van der Waals surface area contributed by atoms with Crippen molar-refractivity contribution in [3.8, 4) is 5.75 Å². The first kappa shape index (κ1) is 17.3. The van der Waals surface area contributed by atoms with Crippen molar-refractivity contribution in [2.24, 2.45) is 0 Å². The molecule has 0 radical (unpaired) electrons. The minimum Gasteiger partial charge on any atom is -0.482 e. The lowest BCUT2D eigenvalue weighted by atomic mass is 10.1. The molecule has 1 unspecified atom stereocenters. The molecule has 6 nitrogen and oxygen atoms in total. The number of amides is 1. The normalized spacial score (nSPS) is 20.3. The maximum absolute atomic E-state index is 12.4. The van der Waals surface area contributed by atoms with Gasteiger partial charge in [-0.1, -0.05) is 17.7 Å². The van der Waals surface area contributed by atoms with E-state index in [-0.39, 0.29) is 24.3 Å². The Balaban J connectivity index is 1.60. The van der Waals surface area contributed by atoms with E-state index in [4.69, 9.17) is 16.3 Å². The number of ether oxygens (including phenoxy) is 1. The summed E-state index contributed by atoms with van der Waals surface area (Å²) in [4.78, 5) is 13.8. The maximum Gasteiger partial charge on any atom is 0.262 e. The van der Waals surface area contributed by atoms with E-state index in [9.17, 15) is 13.2 Å². The first-order chi connectivity index (χ1) is 12.3. The molecule has 0 aromatic heterocycles. The fourth-order valence-corrected chi connectivity index (χ4v) is 5.48. The number of benzene rings is 2. The number of fused-ring (bicyclic) bond motifs is 2. The van der Waals surface area contributed by atoms with E-state index in [0.717, 1.165) is 11.1 Å². The lowest BCUT2D eigenvalue weighted by Crippen LogP contribution is -2.27. The Labute approximate surface area is 156 Å². The summed E-state index contributed by atoms with van der Waals surface area (Å²) in [6.45, 7) is 0.541. The van der Waals surface area contributed by atoms with E-state index in [1.807, 2.05) is 30.1 Å². The highest BCUT2D eigenvalue weighted by Crippen LogP contribution is 2.39. The molecular formula is C18H17ClN2O4S. The molecule has 0 aliphatic carbocycles. The summed E-state index contributed by atoms with van der Waals surface area (Å²) in [5.74, 6) is 0.481. The Morgan fingerprint density at radius 2 is 2.08 bits per heavy atom. The standard InChI is InChI=1S/C18H17ClN2O4S/c1-21(8-11-2-4-16-14(6-11)20-18(22)9-25-16)15-10-26(23,24)17-5-3-12(19)7-13(15)17/h2-7,15H,8-10H2,1H3,(H,20,22). The van der Waals surface area contributed by atoms with Gasteiger partial charge in [0.05, 0.1) is 22.4 Å². The second-order valence-corrected chi connectivity index (χ2v) is 9.00. The number of rotatable bonds is 3. The molecule has 0 saturated carbocycles. The zero-order chi connectivity index (χ0) is 18.5. The molecule has 1 atom stereocenters. The van der Waals surface area contributed by atoms with Crippen molar-refractivity contribution >= 4 is 33.0 Å². The van der Waals surface area contributed by atoms with Crippen molar-refractivity contribution in [3.05, 3.63) is 52.5 Å². The van der Waals surface area contributed by atoms with E-state index < -0.39 is 9.84 Å². The quantitative estimate of drug-likeness (QED) is 0.869. The van der Waals surface area contributed by atoms with Crippen LogP contribution in [0.2, 0.25) is 5.02 Å². The Morgan fingerprint density at radius 3 is 2.88 bits per heavy atom. The van der Waals surface area contributed by atoms with Crippen molar-refractivity contribution in [3.63, 3.8) is 0 Å². The van der Waals surface area contributed by atoms with Gasteiger partial charge in [-0.2, -0.15) is 0 Å². The number of hydrogen-bond donors (Lipinski definition) is 1. The summed E-state index contributed by atoms with van der Waals surface area (Å²) in [5, 5.41) is 3.30. The van der Waals surface area contributed by atoms with E-state index >= 15 is 0 Å². The molecular weight excluding hydrogens is 376 g/mol. The van der Waals surface area contributed by atoms with Crippen LogP contribution in [0.1, 0.15) is 17.2 Å². The van der Waals surface area contributed by atoms with Gasteiger partial charge in [-0.05, 0) is 48.5 Å². The van der Waals surface area contributed by atoms with Crippen LogP contribution in [0.4, 0.5) is 5.69 Å². The summed E-state index contributed by atoms with van der Waals surface area (Å²) in [5.41, 5.74) is 2.31. The minimum atomic E-state index is -3.31. The van der Waals surface area contributed by atoms with Gasteiger partial charge < -0.3 is 10.1 Å². The van der Waals surface area contributed by atoms with Gasteiger partial charge in [-0.25, -0.2) is 8.42 Å². The monoisotopic (exact) mass is 392 g/mol. The summed E-state index contributed by atoms with van der Waals surface area (Å²) < 4.78 is 30.2. The van der Waals surface area contributed by atoms with Gasteiger partial charge in [0.2, 0.25) is 0 Å². The molecule has 8 heteroatoms.